The lowest BCUT2D eigenvalue weighted by molar-refractivity contribution is -0.125. The molecule has 0 saturated heterocycles. The van der Waals surface area contributed by atoms with Gasteiger partial charge in [-0.1, -0.05) is 24.8 Å². The van der Waals surface area contributed by atoms with E-state index < -0.39 is 20.7 Å². The van der Waals surface area contributed by atoms with Crippen molar-refractivity contribution in [3.05, 3.63) is 11.8 Å². The van der Waals surface area contributed by atoms with E-state index in [1.165, 1.54) is 0 Å². The Morgan fingerprint density at radius 3 is 1.73 bits per heavy atom. The van der Waals surface area contributed by atoms with Crippen molar-refractivity contribution in [2.75, 3.05) is 0 Å². The molecule has 0 saturated carbocycles. The van der Waals surface area contributed by atoms with Crippen molar-refractivity contribution in [3.63, 3.8) is 0 Å². The lowest BCUT2D eigenvalue weighted by Crippen LogP contribution is -2.27. The molecule has 0 radical (unpaired) electrons. The lowest BCUT2D eigenvalue weighted by atomic mass is 10.4. The number of alkyl halides is 3. The van der Waals surface area contributed by atoms with Gasteiger partial charge in [0.1, 0.15) is 0 Å². The fraction of sp³-hybridized carbons (Fsp3) is 0.714. The first-order valence-electron chi connectivity index (χ1n) is 3.38. The summed E-state index contributed by atoms with van der Waals surface area (Å²) in [4.78, 5) is 0. The molecule has 0 aromatic rings. The van der Waals surface area contributed by atoms with Crippen LogP contribution in [0.3, 0.4) is 0 Å². The van der Waals surface area contributed by atoms with Gasteiger partial charge in [0.05, 0.1) is 14.5 Å². The van der Waals surface area contributed by atoms with Gasteiger partial charge < -0.3 is 0 Å². The van der Waals surface area contributed by atoms with Crippen LogP contribution in [0.1, 0.15) is 6.42 Å². The van der Waals surface area contributed by atoms with Gasteiger partial charge in [0.2, 0.25) is 0 Å². The molecule has 0 atom stereocenters. The van der Waals surface area contributed by atoms with E-state index >= 15 is 0 Å². The molecule has 0 aliphatic rings. The molecule has 0 amide bonds. The molecule has 0 fully saturated rings. The topological polar surface area (TPSA) is 0 Å². The molecular weight excluding hydrogens is 169 g/mol. The zero-order chi connectivity index (χ0) is 9.28. The van der Waals surface area contributed by atoms with Gasteiger partial charge in [0.15, 0.2) is 0 Å². The number of allylic oxidation sites excluding steroid dienone is 1. The van der Waals surface area contributed by atoms with E-state index in [4.69, 9.17) is 0 Å². The Balaban J connectivity index is 4.11. The Bertz CT molecular complexity index is 152. The minimum absolute atomic E-state index is 0.366. The summed E-state index contributed by atoms with van der Waals surface area (Å²) in [6, 6.07) is 0. The molecule has 66 valence electrons. The third-order valence-corrected chi connectivity index (χ3v) is 3.77. The van der Waals surface area contributed by atoms with Crippen molar-refractivity contribution in [3.8, 4) is 0 Å². The minimum atomic E-state index is -4.09. The van der Waals surface area contributed by atoms with E-state index in [1.54, 1.807) is 0 Å². The van der Waals surface area contributed by atoms with Gasteiger partial charge in [-0.2, -0.15) is 13.2 Å². The summed E-state index contributed by atoms with van der Waals surface area (Å²) in [6.45, 7) is 9.04. The van der Waals surface area contributed by atoms with Crippen molar-refractivity contribution < 1.29 is 13.2 Å². The van der Waals surface area contributed by atoms with Gasteiger partial charge in [-0.25, -0.2) is 0 Å². The van der Waals surface area contributed by atoms with Crippen molar-refractivity contribution in [2.24, 2.45) is 0 Å². The third kappa shape index (κ3) is 5.06. The molecule has 0 aliphatic carbocycles. The van der Waals surface area contributed by atoms with Crippen LogP contribution in [0.25, 0.3) is 0 Å². The molecule has 0 N–H and O–H groups in total. The minimum Gasteiger partial charge on any atom is -0.171 e. The van der Waals surface area contributed by atoms with Crippen molar-refractivity contribution in [2.45, 2.75) is 32.2 Å². The molecule has 0 unspecified atom stereocenters. The molecule has 0 spiro atoms. The van der Waals surface area contributed by atoms with Gasteiger partial charge in [0, 0.05) is 0 Å². The second kappa shape index (κ2) is 3.01. The largest absolute Gasteiger partial charge is 0.392 e. The first-order valence-corrected chi connectivity index (χ1v) is 6.88. The highest BCUT2D eigenvalue weighted by atomic mass is 28.3. The molecule has 0 heterocycles. The summed E-state index contributed by atoms with van der Waals surface area (Å²) in [5, 5.41) is 0.366. The van der Waals surface area contributed by atoms with Gasteiger partial charge >= 0.3 is 6.18 Å². The highest BCUT2D eigenvalue weighted by Gasteiger charge is 2.32. The van der Waals surface area contributed by atoms with Crippen LogP contribution in [0, 0.1) is 0 Å². The molecule has 0 aromatic heterocycles. The van der Waals surface area contributed by atoms with Crippen LogP contribution < -0.4 is 0 Å². The fourth-order valence-corrected chi connectivity index (χ4v) is 1.24. The molecule has 0 rings (SSSR count). The molecule has 0 bridgehead atoms. The lowest BCUT2D eigenvalue weighted by Gasteiger charge is -2.20. The van der Waals surface area contributed by atoms with Crippen LogP contribution in [0.4, 0.5) is 13.2 Å². The number of halogens is 3. The molecular formula is C7H13F3Si. The van der Waals surface area contributed by atoms with Gasteiger partial charge in [-0.05, 0) is 0 Å². The summed E-state index contributed by atoms with van der Waals surface area (Å²) < 4.78 is 35.4. The molecule has 0 aliphatic heterocycles. The first-order chi connectivity index (χ1) is 4.63. The maximum absolute atomic E-state index is 11.8. The van der Waals surface area contributed by atoms with Gasteiger partial charge in [-0.15, -0.1) is 6.58 Å². The highest BCUT2D eigenvalue weighted by molar-refractivity contribution is 6.82. The molecule has 0 nitrogen and oxygen atoms in total. The van der Waals surface area contributed by atoms with E-state index in [1.807, 2.05) is 19.6 Å². The monoisotopic (exact) mass is 182 g/mol. The van der Waals surface area contributed by atoms with E-state index in [2.05, 4.69) is 6.58 Å². The summed E-state index contributed by atoms with van der Waals surface area (Å²) >= 11 is 0. The Kier molecular flexibility index (Phi) is 2.94. The van der Waals surface area contributed by atoms with Gasteiger partial charge in [0.25, 0.3) is 0 Å². The first kappa shape index (κ1) is 10.7. The summed E-state index contributed by atoms with van der Waals surface area (Å²) in [6.07, 6.45) is -4.90. The van der Waals surface area contributed by atoms with Crippen LogP contribution in [0.5, 0.6) is 0 Å². The Morgan fingerprint density at radius 1 is 1.27 bits per heavy atom. The predicted molar refractivity (Wildman–Crippen MR) is 43.2 cm³/mol. The maximum Gasteiger partial charge on any atom is 0.392 e. The van der Waals surface area contributed by atoms with Crippen molar-refractivity contribution in [1.82, 2.24) is 0 Å². The zero-order valence-electron chi connectivity index (χ0n) is 7.05. The zero-order valence-corrected chi connectivity index (χ0v) is 8.05. The van der Waals surface area contributed by atoms with Crippen LogP contribution in [-0.4, -0.2) is 14.3 Å². The van der Waals surface area contributed by atoms with Crippen LogP contribution in [0.2, 0.25) is 19.6 Å². The highest BCUT2D eigenvalue weighted by Crippen LogP contribution is 2.28. The average Bonchev–Trinajstić information content (AvgIpc) is 1.56. The van der Waals surface area contributed by atoms with E-state index in [0.29, 0.717) is 5.20 Å². The van der Waals surface area contributed by atoms with Crippen LogP contribution >= 0.6 is 0 Å². The van der Waals surface area contributed by atoms with Crippen LogP contribution in [0.15, 0.2) is 11.8 Å². The van der Waals surface area contributed by atoms with Crippen molar-refractivity contribution >= 4 is 8.07 Å². The normalized spacial score (nSPS) is 13.3. The molecule has 0 aromatic carbocycles. The van der Waals surface area contributed by atoms with Gasteiger partial charge in [-0.3, -0.25) is 0 Å². The second-order valence-electron chi connectivity index (χ2n) is 3.65. The Morgan fingerprint density at radius 2 is 1.64 bits per heavy atom. The standard InChI is InChI=1S/C7H13F3Si/c1-6(11(2,3)4)5-7(8,9)10/h1,5H2,2-4H3. The number of hydrogen-bond acceptors (Lipinski definition) is 0. The van der Waals surface area contributed by atoms with Crippen LogP contribution in [-0.2, 0) is 0 Å². The number of hydrogen-bond donors (Lipinski definition) is 0. The average molecular weight is 182 g/mol. The number of rotatable bonds is 2. The summed E-state index contributed by atoms with van der Waals surface area (Å²) in [7, 11) is -1.78. The van der Waals surface area contributed by atoms with E-state index in [-0.39, 0.29) is 0 Å². The third-order valence-electron chi connectivity index (χ3n) is 1.47. The maximum atomic E-state index is 11.8. The second-order valence-corrected chi connectivity index (χ2v) is 8.85. The smallest absolute Gasteiger partial charge is 0.171 e. The van der Waals surface area contributed by atoms with Crippen molar-refractivity contribution in [1.29, 1.82) is 0 Å². The Hall–Kier alpha value is -0.253. The quantitative estimate of drug-likeness (QED) is 0.574. The Labute approximate surface area is 66.1 Å². The summed E-state index contributed by atoms with van der Waals surface area (Å²) in [5.41, 5.74) is 0. The predicted octanol–water partition coefficient (Wildman–Crippen LogP) is 3.37. The summed E-state index contributed by atoms with van der Waals surface area (Å²) in [5.74, 6) is 0. The molecule has 11 heavy (non-hydrogen) atoms. The van der Waals surface area contributed by atoms with E-state index in [9.17, 15) is 13.2 Å². The SMILES string of the molecule is C=C(CC(F)(F)F)[Si](C)(C)C. The van der Waals surface area contributed by atoms with E-state index in [0.717, 1.165) is 0 Å². The molecule has 4 heteroatoms. The fourth-order valence-electron chi connectivity index (χ4n) is 0.507.